The lowest BCUT2D eigenvalue weighted by molar-refractivity contribution is -0.149. The molecule has 0 aromatic heterocycles. The van der Waals surface area contributed by atoms with Crippen LogP contribution in [0.5, 0.6) is 5.75 Å². The highest BCUT2D eigenvalue weighted by Gasteiger charge is 2.39. The molecule has 0 heterocycles. The summed E-state index contributed by atoms with van der Waals surface area (Å²) < 4.78 is 73.1. The minimum atomic E-state index is -4.85. The number of halogens is 7. The lowest BCUT2D eigenvalue weighted by atomic mass is 10.1. The molecule has 1 atom stereocenters. The van der Waals surface area contributed by atoms with E-state index in [1.165, 1.54) is 0 Å². The van der Waals surface area contributed by atoms with Crippen molar-refractivity contribution in [3.63, 3.8) is 0 Å². The van der Waals surface area contributed by atoms with Crippen molar-refractivity contribution in [1.29, 1.82) is 0 Å². The van der Waals surface area contributed by atoms with Gasteiger partial charge in [0.25, 0.3) is 0 Å². The van der Waals surface area contributed by atoms with Crippen molar-refractivity contribution in [2.75, 3.05) is 0 Å². The lowest BCUT2D eigenvalue weighted by Crippen LogP contribution is -2.28. The van der Waals surface area contributed by atoms with E-state index in [-0.39, 0.29) is 12.4 Å². The summed E-state index contributed by atoms with van der Waals surface area (Å²) in [7, 11) is 0. The standard InChI is InChI=1S/C9H7F6NOS.ClH/c10-8(11,12)7(16)5-3-4(1-2-6(5)17)18-9(13,14)15;/h1-3,7,17H,16H2;1H/t7-;/m1./s1. The third-order valence-corrected chi connectivity index (χ3v) is 2.64. The molecular formula is C9H8ClF6NOS. The van der Waals surface area contributed by atoms with Gasteiger partial charge in [-0.05, 0) is 30.0 Å². The second-order valence-electron chi connectivity index (χ2n) is 3.29. The van der Waals surface area contributed by atoms with Crippen LogP contribution in [-0.4, -0.2) is 16.8 Å². The van der Waals surface area contributed by atoms with E-state index in [0.717, 1.165) is 12.1 Å². The van der Waals surface area contributed by atoms with Gasteiger partial charge in [-0.2, -0.15) is 26.3 Å². The lowest BCUT2D eigenvalue weighted by Gasteiger charge is -2.18. The number of rotatable bonds is 2. The van der Waals surface area contributed by atoms with Gasteiger partial charge in [-0.25, -0.2) is 0 Å². The maximum absolute atomic E-state index is 12.3. The van der Waals surface area contributed by atoms with Crippen molar-refractivity contribution < 1.29 is 31.4 Å². The van der Waals surface area contributed by atoms with Crippen LogP contribution in [0, 0.1) is 0 Å². The van der Waals surface area contributed by atoms with Crippen LogP contribution in [0.2, 0.25) is 0 Å². The molecule has 0 amide bonds. The van der Waals surface area contributed by atoms with E-state index in [1.807, 2.05) is 0 Å². The maximum Gasteiger partial charge on any atom is 0.446 e. The SMILES string of the molecule is Cl.N[C@H](c1cc(SC(F)(F)F)ccc1O)C(F)(F)F. The first-order valence-corrected chi connectivity index (χ1v) is 5.23. The fourth-order valence-corrected chi connectivity index (χ4v) is 1.74. The van der Waals surface area contributed by atoms with Gasteiger partial charge in [-0.15, -0.1) is 12.4 Å². The number of alkyl halides is 6. The third-order valence-electron chi connectivity index (χ3n) is 1.92. The van der Waals surface area contributed by atoms with E-state index in [4.69, 9.17) is 5.73 Å². The summed E-state index contributed by atoms with van der Waals surface area (Å²) in [6, 6.07) is -0.355. The summed E-state index contributed by atoms with van der Waals surface area (Å²) in [5, 5.41) is 9.20. The van der Waals surface area contributed by atoms with E-state index in [1.54, 1.807) is 0 Å². The van der Waals surface area contributed by atoms with Crippen molar-refractivity contribution in [1.82, 2.24) is 0 Å². The monoisotopic (exact) mass is 327 g/mol. The van der Waals surface area contributed by atoms with Crippen molar-refractivity contribution >= 4 is 24.2 Å². The quantitative estimate of drug-likeness (QED) is 0.638. The Hall–Kier alpha value is -0.800. The molecule has 1 aromatic rings. The van der Waals surface area contributed by atoms with Gasteiger partial charge < -0.3 is 10.8 Å². The molecule has 0 bridgehead atoms. The summed E-state index contributed by atoms with van der Waals surface area (Å²) in [5.74, 6) is -0.800. The molecule has 2 nitrogen and oxygen atoms in total. The summed E-state index contributed by atoms with van der Waals surface area (Å²) in [6.07, 6.45) is -4.85. The Labute approximate surface area is 114 Å². The Kier molecular flexibility index (Phi) is 5.84. The molecule has 0 saturated carbocycles. The van der Waals surface area contributed by atoms with Gasteiger partial charge in [0, 0.05) is 10.5 Å². The first-order valence-electron chi connectivity index (χ1n) is 4.41. The number of hydrogen-bond donors (Lipinski definition) is 2. The van der Waals surface area contributed by atoms with Crippen LogP contribution in [0.3, 0.4) is 0 Å². The van der Waals surface area contributed by atoms with Crippen LogP contribution in [0.4, 0.5) is 26.3 Å². The van der Waals surface area contributed by atoms with Crippen LogP contribution in [0.1, 0.15) is 11.6 Å². The number of hydrogen-bond acceptors (Lipinski definition) is 3. The Morgan fingerprint density at radius 1 is 1.11 bits per heavy atom. The molecule has 0 aliphatic carbocycles. The number of aromatic hydroxyl groups is 1. The molecule has 0 aliphatic rings. The highest BCUT2D eigenvalue weighted by atomic mass is 35.5. The van der Waals surface area contributed by atoms with Crippen molar-refractivity contribution in [2.24, 2.45) is 5.73 Å². The van der Waals surface area contributed by atoms with E-state index in [9.17, 15) is 31.4 Å². The smallest absolute Gasteiger partial charge is 0.446 e. The largest absolute Gasteiger partial charge is 0.508 e. The molecular weight excluding hydrogens is 320 g/mol. The van der Waals surface area contributed by atoms with Crippen molar-refractivity contribution in [3.05, 3.63) is 23.8 Å². The van der Waals surface area contributed by atoms with Crippen molar-refractivity contribution in [3.8, 4) is 5.75 Å². The van der Waals surface area contributed by atoms with Gasteiger partial charge in [0.1, 0.15) is 11.8 Å². The van der Waals surface area contributed by atoms with Crippen LogP contribution in [0.25, 0.3) is 0 Å². The fraction of sp³-hybridized carbons (Fsp3) is 0.333. The summed E-state index contributed by atoms with van der Waals surface area (Å²) >= 11 is -0.582. The van der Waals surface area contributed by atoms with Gasteiger partial charge >= 0.3 is 11.7 Å². The molecule has 0 saturated heterocycles. The van der Waals surface area contributed by atoms with Crippen molar-refractivity contribution in [2.45, 2.75) is 22.6 Å². The van der Waals surface area contributed by atoms with Crippen LogP contribution >= 0.6 is 24.2 Å². The maximum atomic E-state index is 12.3. The highest BCUT2D eigenvalue weighted by Crippen LogP contribution is 2.41. The molecule has 1 aromatic carbocycles. The molecule has 3 N–H and O–H groups in total. The Balaban J connectivity index is 0.00000324. The van der Waals surface area contributed by atoms with Gasteiger partial charge in [0.05, 0.1) is 0 Å². The zero-order chi connectivity index (χ0) is 14.1. The number of phenolic OH excluding ortho intramolecular Hbond substituents is 1. The summed E-state index contributed by atoms with van der Waals surface area (Å²) in [6.45, 7) is 0. The molecule has 1 rings (SSSR count). The summed E-state index contributed by atoms with van der Waals surface area (Å²) in [5.41, 5.74) is -0.593. The van der Waals surface area contributed by atoms with Gasteiger partial charge in [-0.1, -0.05) is 0 Å². The molecule has 0 radical (unpaired) electrons. The Bertz CT molecular complexity index is 436. The van der Waals surface area contributed by atoms with E-state index < -0.39 is 45.7 Å². The molecule has 110 valence electrons. The molecule has 0 aliphatic heterocycles. The van der Waals surface area contributed by atoms with Gasteiger partial charge in [0.2, 0.25) is 0 Å². The minimum Gasteiger partial charge on any atom is -0.508 e. The highest BCUT2D eigenvalue weighted by molar-refractivity contribution is 8.00. The minimum absolute atomic E-state index is 0. The normalized spacial score (nSPS) is 13.8. The molecule has 0 spiro atoms. The van der Waals surface area contributed by atoms with E-state index in [0.29, 0.717) is 6.07 Å². The predicted molar refractivity (Wildman–Crippen MR) is 60.3 cm³/mol. The summed E-state index contributed by atoms with van der Waals surface area (Å²) in [4.78, 5) is -0.477. The van der Waals surface area contributed by atoms with E-state index in [2.05, 4.69) is 0 Å². The number of thioether (sulfide) groups is 1. The second kappa shape index (κ2) is 6.10. The van der Waals surface area contributed by atoms with Crippen LogP contribution in [-0.2, 0) is 0 Å². The number of nitrogens with two attached hydrogens (primary N) is 1. The number of phenols is 1. The first kappa shape index (κ1) is 18.2. The molecule has 10 heteroatoms. The van der Waals surface area contributed by atoms with E-state index >= 15 is 0 Å². The second-order valence-corrected chi connectivity index (χ2v) is 4.43. The zero-order valence-corrected chi connectivity index (χ0v) is 10.6. The molecule has 0 fully saturated rings. The zero-order valence-electron chi connectivity index (χ0n) is 8.92. The first-order chi connectivity index (χ1) is 8.00. The van der Waals surface area contributed by atoms with Crippen LogP contribution < -0.4 is 5.73 Å². The number of benzene rings is 1. The van der Waals surface area contributed by atoms with Crippen LogP contribution in [0.15, 0.2) is 23.1 Å². The topological polar surface area (TPSA) is 46.2 Å². The molecule has 0 unspecified atom stereocenters. The fourth-order valence-electron chi connectivity index (χ4n) is 1.16. The van der Waals surface area contributed by atoms with Gasteiger partial charge in [0.15, 0.2) is 0 Å². The predicted octanol–water partition coefficient (Wildman–Crippen LogP) is 3.99. The molecule has 19 heavy (non-hydrogen) atoms. The third kappa shape index (κ3) is 5.37. The Morgan fingerprint density at radius 2 is 1.63 bits per heavy atom. The van der Waals surface area contributed by atoms with Gasteiger partial charge in [-0.3, -0.25) is 0 Å². The Morgan fingerprint density at radius 3 is 2.05 bits per heavy atom. The average Bonchev–Trinajstić information content (AvgIpc) is 2.16. The average molecular weight is 328 g/mol.